The zero-order chi connectivity index (χ0) is 10.3. The van der Waals surface area contributed by atoms with Crippen molar-refractivity contribution in [2.24, 2.45) is 0 Å². The van der Waals surface area contributed by atoms with Gasteiger partial charge in [-0.05, 0) is 17.5 Å². The van der Waals surface area contributed by atoms with Crippen molar-refractivity contribution < 1.29 is 0 Å². The molecule has 0 aliphatic heterocycles. The first-order valence-corrected chi connectivity index (χ1v) is 5.23. The number of nitrogen functional groups attached to an aromatic ring is 1. The van der Waals surface area contributed by atoms with E-state index in [1.54, 1.807) is 17.5 Å². The summed E-state index contributed by atoms with van der Waals surface area (Å²) in [5.41, 5.74) is 6.55. The Morgan fingerprint density at radius 1 is 1.33 bits per heavy atom. The largest absolute Gasteiger partial charge is 0.397 e. The van der Waals surface area contributed by atoms with Crippen LogP contribution in [0.2, 0.25) is 0 Å². The van der Waals surface area contributed by atoms with E-state index < -0.39 is 0 Å². The highest BCUT2D eigenvalue weighted by Crippen LogP contribution is 2.29. The van der Waals surface area contributed by atoms with Crippen LogP contribution in [-0.2, 0) is 0 Å². The molecule has 0 saturated carbocycles. The number of rotatable bonds is 1. The molecule has 15 heavy (non-hydrogen) atoms. The predicted molar refractivity (Wildman–Crippen MR) is 58.5 cm³/mol. The molecule has 3 aromatic rings. The summed E-state index contributed by atoms with van der Waals surface area (Å²) in [6, 6.07) is 3.70. The molecule has 2 N–H and O–H groups in total. The summed E-state index contributed by atoms with van der Waals surface area (Å²) >= 11 is 1.55. The van der Waals surface area contributed by atoms with Crippen LogP contribution in [0.15, 0.2) is 29.9 Å². The Hall–Kier alpha value is -1.95. The highest BCUT2D eigenvalue weighted by molar-refractivity contribution is 7.14. The summed E-state index contributed by atoms with van der Waals surface area (Å²) in [4.78, 5) is 5.02. The third-order valence-corrected chi connectivity index (χ3v) is 3.01. The lowest BCUT2D eigenvalue weighted by atomic mass is 10.4. The first-order chi connectivity index (χ1) is 7.36. The van der Waals surface area contributed by atoms with Crippen LogP contribution in [0.3, 0.4) is 0 Å². The van der Waals surface area contributed by atoms with Gasteiger partial charge in [0, 0.05) is 12.4 Å². The minimum Gasteiger partial charge on any atom is -0.397 e. The van der Waals surface area contributed by atoms with E-state index in [4.69, 9.17) is 5.73 Å². The minimum absolute atomic E-state index is 0.584. The summed E-state index contributed by atoms with van der Waals surface area (Å²) in [5.74, 6) is 1.32. The lowest BCUT2D eigenvalue weighted by Gasteiger charge is -1.96. The number of hydrogen-bond donors (Lipinski definition) is 1. The van der Waals surface area contributed by atoms with E-state index in [1.807, 2.05) is 28.1 Å². The van der Waals surface area contributed by atoms with Crippen molar-refractivity contribution in [1.82, 2.24) is 19.6 Å². The van der Waals surface area contributed by atoms with E-state index in [0.29, 0.717) is 5.78 Å². The molecule has 74 valence electrons. The molecule has 0 atom stereocenters. The van der Waals surface area contributed by atoms with Crippen molar-refractivity contribution in [3.8, 4) is 10.7 Å². The quantitative estimate of drug-likeness (QED) is 0.669. The molecule has 5 nitrogen and oxygen atoms in total. The molecule has 0 spiro atoms. The van der Waals surface area contributed by atoms with Crippen molar-refractivity contribution in [1.29, 1.82) is 0 Å². The monoisotopic (exact) mass is 217 g/mol. The normalized spacial score (nSPS) is 10.9. The Bertz CT molecular complexity index is 612. The topological polar surface area (TPSA) is 69.1 Å². The smallest absolute Gasteiger partial charge is 0.255 e. The summed E-state index contributed by atoms with van der Waals surface area (Å²) in [6.45, 7) is 0. The standard InChI is InChI=1S/C9H7N5S/c10-6-2-5-15-7(6)8-12-13-9-11-3-1-4-14(8)9/h1-5H,10H2. The number of anilines is 1. The van der Waals surface area contributed by atoms with Gasteiger partial charge in [-0.15, -0.1) is 21.5 Å². The fourth-order valence-electron chi connectivity index (χ4n) is 1.40. The lowest BCUT2D eigenvalue weighted by molar-refractivity contribution is 1.10. The number of hydrogen-bond acceptors (Lipinski definition) is 5. The highest BCUT2D eigenvalue weighted by Gasteiger charge is 2.11. The van der Waals surface area contributed by atoms with E-state index >= 15 is 0 Å². The van der Waals surface area contributed by atoms with Crippen LogP contribution in [0.4, 0.5) is 5.69 Å². The summed E-state index contributed by atoms with van der Waals surface area (Å²) in [6.07, 6.45) is 3.56. The molecule has 3 rings (SSSR count). The van der Waals surface area contributed by atoms with Crippen LogP contribution in [0.5, 0.6) is 0 Å². The molecule has 6 heteroatoms. The molecule has 0 aliphatic carbocycles. The van der Waals surface area contributed by atoms with Gasteiger partial charge in [0.15, 0.2) is 5.82 Å². The Morgan fingerprint density at radius 3 is 3.07 bits per heavy atom. The van der Waals surface area contributed by atoms with Crippen LogP contribution >= 0.6 is 11.3 Å². The first kappa shape index (κ1) is 8.37. The van der Waals surface area contributed by atoms with Crippen LogP contribution in [0, 0.1) is 0 Å². The first-order valence-electron chi connectivity index (χ1n) is 4.35. The molecule has 0 unspecified atom stereocenters. The number of fused-ring (bicyclic) bond motifs is 1. The van der Waals surface area contributed by atoms with E-state index in [-0.39, 0.29) is 0 Å². The van der Waals surface area contributed by atoms with Crippen molar-refractivity contribution >= 4 is 22.8 Å². The number of aromatic nitrogens is 4. The third-order valence-electron chi connectivity index (χ3n) is 2.09. The fraction of sp³-hybridized carbons (Fsp3) is 0. The van der Waals surface area contributed by atoms with Gasteiger partial charge >= 0.3 is 0 Å². The molecular weight excluding hydrogens is 210 g/mol. The Balaban J connectivity index is 2.32. The van der Waals surface area contributed by atoms with Crippen LogP contribution < -0.4 is 5.73 Å². The van der Waals surface area contributed by atoms with Crippen LogP contribution in [0.1, 0.15) is 0 Å². The molecule has 3 aromatic heterocycles. The van der Waals surface area contributed by atoms with Crippen LogP contribution in [0.25, 0.3) is 16.5 Å². The Labute approximate surface area is 89.2 Å². The summed E-state index contributed by atoms with van der Waals surface area (Å²) in [5, 5.41) is 9.98. The van der Waals surface area contributed by atoms with Gasteiger partial charge in [0.1, 0.15) is 0 Å². The van der Waals surface area contributed by atoms with Crippen molar-refractivity contribution in [2.45, 2.75) is 0 Å². The lowest BCUT2D eigenvalue weighted by Crippen LogP contribution is -1.91. The van der Waals surface area contributed by atoms with Gasteiger partial charge in [0.05, 0.1) is 10.6 Å². The van der Waals surface area contributed by atoms with Gasteiger partial charge in [-0.3, -0.25) is 4.40 Å². The Kier molecular flexibility index (Phi) is 1.69. The summed E-state index contributed by atoms with van der Waals surface area (Å²) in [7, 11) is 0. The molecule has 0 aromatic carbocycles. The van der Waals surface area contributed by atoms with Gasteiger partial charge in [-0.25, -0.2) is 4.98 Å². The van der Waals surface area contributed by atoms with Crippen molar-refractivity contribution in [3.05, 3.63) is 29.9 Å². The minimum atomic E-state index is 0.584. The molecule has 3 heterocycles. The second-order valence-electron chi connectivity index (χ2n) is 3.02. The third kappa shape index (κ3) is 1.18. The molecule has 0 bridgehead atoms. The predicted octanol–water partition coefficient (Wildman–Crippen LogP) is 1.44. The van der Waals surface area contributed by atoms with Gasteiger partial charge in [0.25, 0.3) is 5.78 Å². The molecule has 0 radical (unpaired) electrons. The van der Waals surface area contributed by atoms with Gasteiger partial charge in [0.2, 0.25) is 0 Å². The van der Waals surface area contributed by atoms with Gasteiger partial charge in [-0.1, -0.05) is 0 Å². The van der Waals surface area contributed by atoms with E-state index in [2.05, 4.69) is 15.2 Å². The van der Waals surface area contributed by atoms with Gasteiger partial charge in [-0.2, -0.15) is 0 Å². The average molecular weight is 217 g/mol. The zero-order valence-corrected chi connectivity index (χ0v) is 8.48. The SMILES string of the molecule is Nc1ccsc1-c1nnc2ncccn12. The second kappa shape index (κ2) is 3.03. The number of nitrogens with two attached hydrogens (primary N) is 1. The molecular formula is C9H7N5S. The van der Waals surface area contributed by atoms with Crippen molar-refractivity contribution in [2.75, 3.05) is 5.73 Å². The van der Waals surface area contributed by atoms with Gasteiger partial charge < -0.3 is 5.73 Å². The highest BCUT2D eigenvalue weighted by atomic mass is 32.1. The Morgan fingerprint density at radius 2 is 2.27 bits per heavy atom. The van der Waals surface area contributed by atoms with Crippen molar-refractivity contribution in [3.63, 3.8) is 0 Å². The maximum absolute atomic E-state index is 5.83. The van der Waals surface area contributed by atoms with E-state index in [0.717, 1.165) is 16.4 Å². The molecule has 0 amide bonds. The maximum atomic E-state index is 5.83. The second-order valence-corrected chi connectivity index (χ2v) is 3.93. The molecule has 0 saturated heterocycles. The molecule has 0 aliphatic rings. The maximum Gasteiger partial charge on any atom is 0.255 e. The number of thiophene rings is 1. The average Bonchev–Trinajstić information content (AvgIpc) is 2.83. The summed E-state index contributed by atoms with van der Waals surface area (Å²) < 4.78 is 1.82. The van der Waals surface area contributed by atoms with E-state index in [9.17, 15) is 0 Å². The molecule has 0 fully saturated rings. The van der Waals surface area contributed by atoms with Crippen LogP contribution in [-0.4, -0.2) is 19.6 Å². The van der Waals surface area contributed by atoms with E-state index in [1.165, 1.54) is 0 Å². The number of nitrogens with zero attached hydrogens (tertiary/aromatic N) is 4. The fourth-order valence-corrected chi connectivity index (χ4v) is 2.20. The zero-order valence-electron chi connectivity index (χ0n) is 7.66.